The van der Waals surface area contributed by atoms with E-state index < -0.39 is 12.2 Å². The highest BCUT2D eigenvalue weighted by atomic mass is 16.6. The summed E-state index contributed by atoms with van der Waals surface area (Å²) in [4.78, 5) is 94.5. The molecular weight excluding hydrogens is 1850 g/mol. The second-order valence-electron chi connectivity index (χ2n) is 56.3. The summed E-state index contributed by atoms with van der Waals surface area (Å²) in [5.74, 6) is 8.93. The predicted octanol–water partition coefficient (Wildman–Crippen LogP) is 22.8. The molecule has 818 valence electrons. The van der Waals surface area contributed by atoms with Crippen molar-refractivity contribution in [2.24, 2.45) is 172 Å². The van der Waals surface area contributed by atoms with Gasteiger partial charge < -0.3 is 64.2 Å². The SMILES string of the molecule is CC(=O)O[C@H]1CC[C@@]2(C)C(=CC(=O)C3C2CC[C@@]2(C)C3CC[C@@H]2OC(C)=O)C1.CC(=O)O[C@H]1CC[C@@]2(C)C(=CCC3C2CC[C@@]2(C)C3CC[C@@H]2OC(C)=O)C1.CC(=O)O[C@H]1CC[C@@]2(C)C(=C[C@H](O)C3C2CC[C@@]2(C)C3CC[C@@H]2OC(C)=O)C1.C[C@]12CC[C@H](O)CC1=CCC1C2CC[C@@]2(C)C1CC[C@@H]2O.C[C@]12CC[C@H](O)CC1=CCC1C2CC[C@]2(C)C(=O)CCC12.C[C@]12CC[C@H](O)CC1=C[C@H](O)C1C2CC[C@@]2(C)C1CC[C@@H]2O. The zero-order valence-corrected chi connectivity index (χ0v) is 93.0. The van der Waals surface area contributed by atoms with Gasteiger partial charge in [0.15, 0.2) is 5.78 Å². The molecule has 0 spiro atoms. The van der Waals surface area contributed by atoms with Crippen LogP contribution in [0.15, 0.2) is 69.9 Å². The fourth-order valence-corrected chi connectivity index (χ4v) is 41.3. The summed E-state index contributed by atoms with van der Waals surface area (Å²) >= 11 is 0. The molecule has 0 bridgehead atoms. The van der Waals surface area contributed by atoms with Crippen molar-refractivity contribution in [1.82, 2.24) is 0 Å². The van der Waals surface area contributed by atoms with Crippen LogP contribution in [0, 0.1) is 172 Å². The minimum absolute atomic E-state index is 0.00195. The van der Waals surface area contributed by atoms with Crippen LogP contribution >= 0.6 is 0 Å². The highest BCUT2D eigenvalue weighted by Gasteiger charge is 2.69. The minimum Gasteiger partial charge on any atom is -0.462 e. The average Bonchev–Trinajstić information content (AvgIpc) is 1.58. The lowest BCUT2D eigenvalue weighted by Crippen LogP contribution is -2.55. The molecule has 0 amide bonds. The standard InChI is InChI=1S/C23H34O5.C23H32O5.C23H34O4.C19H30O3.C19H30O2.C19H28O2/c2*1-13(24)27-16-7-9-22(3)15(11-16)12-19(26)21-17-5-6-20(28-14(2)25)23(17,4)10-8-18(21)22;1-14(24)26-17-9-11-22(3)16(13-17)5-6-18-19-7-8-21(27-15(2)25)23(19,4)12-10-20(18)22;1-18-7-5-12(20)9-11(18)10-15(21)17-13-3-4-16(22)19(13,2)8-6-14(17)18;2*1-18-9-7-13(20)11-12(18)3-4-14-15-5-6-17(21)19(15,2)10-8-16(14)18/h12,16-21,26H,5-11H2,1-4H3;12,16-18,20-21H,5-11H2,1-4H3;5,17-21H,6-13H2,1-4H3;10,12-17,20-22H,3-9H2,1-2H3;3,13-17,20-21H,4-11H2,1-2H3;3,13-16,20H,4-11H2,1-2H3/t16-,17?,18?,19-,20-,21?,22-,23-;16-,17?,18?,20-,21?,22-,23-;17-,18?,19?,20?,21-,22-,23-;12-,13?,14?,15-,16-,17?,18-,19-;13-,14?,15?,16?,17-,18-,19-;13-,14?,15?,16?,18-,19-/m000000/s1. The van der Waals surface area contributed by atoms with Crippen molar-refractivity contribution < 1.29 is 103 Å². The van der Waals surface area contributed by atoms with E-state index in [2.05, 4.69) is 113 Å². The molecule has 21 nitrogen and oxygen atoms in total. The van der Waals surface area contributed by atoms with Gasteiger partial charge in [-0.15, -0.1) is 0 Å². The highest BCUT2D eigenvalue weighted by Crippen LogP contribution is 2.74. The number of aliphatic hydroxyl groups excluding tert-OH is 7. The van der Waals surface area contributed by atoms with E-state index >= 15 is 0 Å². The summed E-state index contributed by atoms with van der Waals surface area (Å²) < 4.78 is 33.6. The largest absolute Gasteiger partial charge is 0.462 e. The molecule has 0 aliphatic heterocycles. The van der Waals surface area contributed by atoms with Gasteiger partial charge >= 0.3 is 35.8 Å². The van der Waals surface area contributed by atoms with Crippen LogP contribution in [0.1, 0.15) is 414 Å². The number of fused-ring (bicyclic) bond motifs is 30. The van der Waals surface area contributed by atoms with E-state index in [0.717, 1.165) is 255 Å². The summed E-state index contributed by atoms with van der Waals surface area (Å²) in [5, 5.41) is 73.0. The highest BCUT2D eigenvalue weighted by molar-refractivity contribution is 5.95. The van der Waals surface area contributed by atoms with Crippen molar-refractivity contribution in [3.63, 3.8) is 0 Å². The fourth-order valence-electron chi connectivity index (χ4n) is 41.3. The molecule has 147 heavy (non-hydrogen) atoms. The Balaban J connectivity index is 0.000000112. The molecule has 24 rings (SSSR count). The molecule has 18 saturated carbocycles. The van der Waals surface area contributed by atoms with Gasteiger partial charge in [0, 0.05) is 94.8 Å². The van der Waals surface area contributed by atoms with Crippen molar-refractivity contribution in [2.45, 2.75) is 493 Å². The van der Waals surface area contributed by atoms with Crippen molar-refractivity contribution >= 4 is 47.4 Å². The molecule has 24 aliphatic rings. The molecule has 0 aromatic rings. The molecule has 0 radical (unpaired) electrons. The van der Waals surface area contributed by atoms with Crippen LogP contribution in [0.4, 0.5) is 0 Å². The summed E-state index contributed by atoms with van der Waals surface area (Å²) in [6.45, 7) is 37.0. The van der Waals surface area contributed by atoms with E-state index in [4.69, 9.17) is 28.4 Å². The van der Waals surface area contributed by atoms with Crippen LogP contribution in [0.2, 0.25) is 0 Å². The second kappa shape index (κ2) is 40.8. The summed E-state index contributed by atoms with van der Waals surface area (Å²) in [5.41, 5.74) is 9.62. The third-order valence-corrected chi connectivity index (χ3v) is 49.6. The molecule has 18 unspecified atom stereocenters. The lowest BCUT2D eigenvalue weighted by Gasteiger charge is -2.58. The van der Waals surface area contributed by atoms with Crippen LogP contribution in [0.5, 0.6) is 0 Å². The van der Waals surface area contributed by atoms with Gasteiger partial charge in [0.1, 0.15) is 42.4 Å². The number of rotatable bonds is 6. The van der Waals surface area contributed by atoms with Gasteiger partial charge in [-0.1, -0.05) is 147 Å². The molecular formula is C126H188O21. The second-order valence-corrected chi connectivity index (χ2v) is 56.3. The first-order valence-corrected chi connectivity index (χ1v) is 59.4. The topological polar surface area (TPSA) is 334 Å². The Morgan fingerprint density at radius 1 is 0.265 bits per heavy atom. The quantitative estimate of drug-likeness (QED) is 0.0738. The molecule has 0 saturated heterocycles. The molecule has 0 aromatic carbocycles. The number of ketones is 2. The minimum atomic E-state index is -0.468. The maximum atomic E-state index is 13.3. The number of hydrogen-bond acceptors (Lipinski definition) is 21. The van der Waals surface area contributed by atoms with Crippen molar-refractivity contribution in [1.29, 1.82) is 0 Å². The van der Waals surface area contributed by atoms with E-state index in [1.165, 1.54) is 107 Å². The van der Waals surface area contributed by atoms with E-state index in [1.54, 1.807) is 12.5 Å². The summed E-state index contributed by atoms with van der Waals surface area (Å²) in [6, 6.07) is 0. The Labute approximate surface area is 879 Å². The number of carbonyl (C=O) groups is 8. The Bertz CT molecular complexity index is 5190. The van der Waals surface area contributed by atoms with E-state index in [-0.39, 0.29) is 181 Å². The molecule has 21 heteroatoms. The van der Waals surface area contributed by atoms with Crippen molar-refractivity contribution in [3.05, 3.63) is 69.9 Å². The number of aliphatic hydroxyl groups is 7. The van der Waals surface area contributed by atoms with Gasteiger partial charge in [-0.2, -0.15) is 0 Å². The zero-order chi connectivity index (χ0) is 105. The first-order valence-electron chi connectivity index (χ1n) is 59.4. The first kappa shape index (κ1) is 110. The van der Waals surface area contributed by atoms with Crippen molar-refractivity contribution in [2.75, 3.05) is 0 Å². The van der Waals surface area contributed by atoms with Crippen LogP contribution < -0.4 is 0 Å². The monoisotopic (exact) mass is 2040 g/mol. The Morgan fingerprint density at radius 3 is 0.993 bits per heavy atom. The number of Topliss-reactive ketones (excluding diaryl/α,β-unsaturated/α-hetero) is 1. The van der Waals surface area contributed by atoms with Crippen LogP contribution in [0.3, 0.4) is 0 Å². The lowest BCUT2D eigenvalue weighted by atomic mass is 9.47. The normalized spacial score (nSPS) is 50.1. The van der Waals surface area contributed by atoms with E-state index in [9.17, 15) is 74.1 Å². The van der Waals surface area contributed by atoms with E-state index in [0.29, 0.717) is 94.0 Å². The maximum Gasteiger partial charge on any atom is 0.302 e. The number of ether oxygens (including phenoxy) is 6. The third-order valence-electron chi connectivity index (χ3n) is 49.6. The average molecular weight is 2040 g/mol. The number of hydrogen-bond donors (Lipinski definition) is 7. The van der Waals surface area contributed by atoms with Gasteiger partial charge in [0.05, 0.1) is 42.7 Å². The first-order chi connectivity index (χ1) is 69.3. The zero-order valence-electron chi connectivity index (χ0n) is 93.0. The summed E-state index contributed by atoms with van der Waals surface area (Å²) in [7, 11) is 0. The van der Waals surface area contributed by atoms with E-state index in [1.807, 2.05) is 6.08 Å². The van der Waals surface area contributed by atoms with Gasteiger partial charge in [-0.05, 0) is 413 Å². The van der Waals surface area contributed by atoms with Crippen molar-refractivity contribution in [3.8, 4) is 0 Å². The number of esters is 6. The van der Waals surface area contributed by atoms with Crippen LogP contribution in [0.25, 0.3) is 0 Å². The van der Waals surface area contributed by atoms with Gasteiger partial charge in [0.25, 0.3) is 0 Å². The molecule has 24 aliphatic carbocycles. The van der Waals surface area contributed by atoms with Crippen LogP contribution in [-0.2, 0) is 66.8 Å². The maximum absolute atomic E-state index is 13.3. The molecule has 7 N–H and O–H groups in total. The number of allylic oxidation sites excluding steroid dienone is 4. The Kier molecular flexibility index (Phi) is 30.4. The molecule has 18 fully saturated rings. The predicted molar refractivity (Wildman–Crippen MR) is 562 cm³/mol. The van der Waals surface area contributed by atoms with Gasteiger partial charge in [-0.25, -0.2) is 0 Å². The smallest absolute Gasteiger partial charge is 0.302 e. The summed E-state index contributed by atoms with van der Waals surface area (Å²) in [6.07, 6.45) is 57.5. The lowest BCUT2D eigenvalue weighted by molar-refractivity contribution is -0.160. The molecule has 0 heterocycles. The van der Waals surface area contributed by atoms with Gasteiger partial charge in [-0.3, -0.25) is 38.4 Å². The fraction of sp³-hybridized carbons (Fsp3) is 0.841. The molecule has 43 atom stereocenters. The number of carbonyl (C=O) groups excluding carboxylic acids is 8. The Morgan fingerprint density at radius 2 is 0.551 bits per heavy atom. The van der Waals surface area contributed by atoms with Crippen LogP contribution in [-0.4, -0.2) is 162 Å². The van der Waals surface area contributed by atoms with Gasteiger partial charge in [0.2, 0.25) is 0 Å². The third kappa shape index (κ3) is 19.1. The molecule has 0 aromatic heterocycles. The Hall–Kier alpha value is -5.68.